The van der Waals surface area contributed by atoms with Crippen LogP contribution in [0, 0.1) is 12.7 Å². The second-order valence-corrected chi connectivity index (χ2v) is 7.68. The Labute approximate surface area is 183 Å². The summed E-state index contributed by atoms with van der Waals surface area (Å²) in [5, 5.41) is 9.01. The fourth-order valence-electron chi connectivity index (χ4n) is 3.70. The summed E-state index contributed by atoms with van der Waals surface area (Å²) in [5.41, 5.74) is 3.17. The molecule has 7 nitrogen and oxygen atoms in total. The lowest BCUT2D eigenvalue weighted by atomic mass is 9.85. The Bertz CT molecular complexity index is 1280. The maximum atomic E-state index is 13.4. The SMILES string of the molecule is Cc1ccc(-c2ccn[nH]c2=O)cc1NC(=O)C1=CN(C)C(=O)CC1c1ccc(F)cc1. The number of halogens is 1. The van der Waals surface area contributed by atoms with Gasteiger partial charge in [-0.1, -0.05) is 24.3 Å². The summed E-state index contributed by atoms with van der Waals surface area (Å²) in [7, 11) is 1.60. The number of benzene rings is 2. The van der Waals surface area contributed by atoms with Crippen LogP contribution in [0.15, 0.2) is 71.3 Å². The Balaban J connectivity index is 1.67. The van der Waals surface area contributed by atoms with Crippen LogP contribution in [0.25, 0.3) is 11.1 Å². The molecule has 2 aromatic carbocycles. The standard InChI is InChI=1S/C24H21FN4O3/c1-14-3-4-16(18-9-10-26-28-24(18)32)11-21(14)27-23(31)20-13-29(2)22(30)12-19(20)15-5-7-17(25)8-6-15/h3-11,13,19H,12H2,1-2H3,(H,27,31)(H,28,32). The lowest BCUT2D eigenvalue weighted by Crippen LogP contribution is -2.33. The molecule has 0 aliphatic carbocycles. The van der Waals surface area contributed by atoms with Gasteiger partial charge in [-0.3, -0.25) is 14.4 Å². The van der Waals surface area contributed by atoms with Crippen molar-refractivity contribution >= 4 is 17.5 Å². The Morgan fingerprint density at radius 3 is 2.62 bits per heavy atom. The number of aryl methyl sites for hydroxylation is 1. The van der Waals surface area contributed by atoms with Crippen molar-refractivity contribution in [2.75, 3.05) is 12.4 Å². The Morgan fingerprint density at radius 2 is 1.91 bits per heavy atom. The summed E-state index contributed by atoms with van der Waals surface area (Å²) in [5.74, 6) is -1.39. The van der Waals surface area contributed by atoms with Gasteiger partial charge in [0.25, 0.3) is 11.5 Å². The van der Waals surface area contributed by atoms with E-state index in [1.165, 1.54) is 29.4 Å². The highest BCUT2D eigenvalue weighted by molar-refractivity contribution is 6.07. The molecule has 162 valence electrons. The van der Waals surface area contributed by atoms with E-state index in [4.69, 9.17) is 0 Å². The van der Waals surface area contributed by atoms with Gasteiger partial charge >= 0.3 is 0 Å². The van der Waals surface area contributed by atoms with Crippen molar-refractivity contribution < 1.29 is 14.0 Å². The fraction of sp³-hybridized carbons (Fsp3) is 0.167. The van der Waals surface area contributed by atoms with E-state index in [1.807, 2.05) is 13.0 Å². The molecule has 1 aromatic heterocycles. The maximum Gasteiger partial charge on any atom is 0.272 e. The number of rotatable bonds is 4. The van der Waals surface area contributed by atoms with Crippen molar-refractivity contribution in [3.05, 3.63) is 93.8 Å². The van der Waals surface area contributed by atoms with E-state index in [0.29, 0.717) is 28.0 Å². The smallest absolute Gasteiger partial charge is 0.272 e. The van der Waals surface area contributed by atoms with Crippen molar-refractivity contribution in [2.24, 2.45) is 0 Å². The van der Waals surface area contributed by atoms with E-state index in [2.05, 4.69) is 15.5 Å². The number of aromatic amines is 1. The van der Waals surface area contributed by atoms with Crippen molar-refractivity contribution in [1.29, 1.82) is 0 Å². The predicted molar refractivity (Wildman–Crippen MR) is 118 cm³/mol. The van der Waals surface area contributed by atoms with Gasteiger partial charge in [0.15, 0.2) is 0 Å². The van der Waals surface area contributed by atoms with Crippen LogP contribution in [-0.4, -0.2) is 34.0 Å². The van der Waals surface area contributed by atoms with Crippen LogP contribution in [0.4, 0.5) is 10.1 Å². The molecule has 0 saturated carbocycles. The summed E-state index contributed by atoms with van der Waals surface area (Å²) in [6.45, 7) is 1.85. The molecule has 2 N–H and O–H groups in total. The van der Waals surface area contributed by atoms with Gasteiger partial charge < -0.3 is 10.2 Å². The highest BCUT2D eigenvalue weighted by Gasteiger charge is 2.31. The van der Waals surface area contributed by atoms with Crippen LogP contribution < -0.4 is 10.9 Å². The number of hydrogen-bond acceptors (Lipinski definition) is 4. The second-order valence-electron chi connectivity index (χ2n) is 7.68. The topological polar surface area (TPSA) is 95.2 Å². The quantitative estimate of drug-likeness (QED) is 0.661. The number of anilines is 1. The molecule has 0 spiro atoms. The zero-order valence-corrected chi connectivity index (χ0v) is 17.6. The van der Waals surface area contributed by atoms with Crippen LogP contribution >= 0.6 is 0 Å². The van der Waals surface area contributed by atoms with Gasteiger partial charge in [-0.25, -0.2) is 9.49 Å². The van der Waals surface area contributed by atoms with E-state index in [0.717, 1.165) is 5.56 Å². The normalized spacial score (nSPS) is 16.0. The molecule has 8 heteroatoms. The molecule has 0 saturated heterocycles. The van der Waals surface area contributed by atoms with Crippen LogP contribution in [0.2, 0.25) is 0 Å². The Kier molecular flexibility index (Phi) is 5.68. The average molecular weight is 432 g/mol. The van der Waals surface area contributed by atoms with Crippen LogP contribution in [0.5, 0.6) is 0 Å². The molecule has 1 unspecified atom stereocenters. The van der Waals surface area contributed by atoms with Crippen molar-refractivity contribution in [1.82, 2.24) is 15.1 Å². The van der Waals surface area contributed by atoms with E-state index in [9.17, 15) is 18.8 Å². The number of hydrogen-bond donors (Lipinski definition) is 2. The first-order valence-electron chi connectivity index (χ1n) is 10.0. The van der Waals surface area contributed by atoms with E-state index >= 15 is 0 Å². The van der Waals surface area contributed by atoms with Crippen molar-refractivity contribution in [3.63, 3.8) is 0 Å². The molecular formula is C24H21FN4O3. The van der Waals surface area contributed by atoms with Gasteiger partial charge in [0, 0.05) is 43.0 Å². The van der Waals surface area contributed by atoms with E-state index in [-0.39, 0.29) is 29.6 Å². The first-order valence-corrected chi connectivity index (χ1v) is 10.0. The molecule has 0 bridgehead atoms. The number of nitrogens with zero attached hydrogens (tertiary/aromatic N) is 2. The summed E-state index contributed by atoms with van der Waals surface area (Å²) in [6, 6.07) is 12.7. The molecule has 32 heavy (non-hydrogen) atoms. The third kappa shape index (κ3) is 4.20. The second kappa shape index (κ2) is 8.58. The molecule has 0 radical (unpaired) electrons. The van der Waals surface area contributed by atoms with Gasteiger partial charge in [-0.05, 0) is 47.9 Å². The number of nitrogens with one attached hydrogen (secondary N) is 2. The number of aromatic nitrogens is 2. The predicted octanol–water partition coefficient (Wildman–Crippen LogP) is 3.35. The highest BCUT2D eigenvalue weighted by atomic mass is 19.1. The summed E-state index contributed by atoms with van der Waals surface area (Å²) < 4.78 is 13.4. The average Bonchev–Trinajstić information content (AvgIpc) is 2.78. The number of amides is 2. The first kappa shape index (κ1) is 21.2. The van der Waals surface area contributed by atoms with Crippen LogP contribution in [-0.2, 0) is 9.59 Å². The Hall–Kier alpha value is -4.07. The summed E-state index contributed by atoms with van der Waals surface area (Å²) >= 11 is 0. The largest absolute Gasteiger partial charge is 0.322 e. The van der Waals surface area contributed by atoms with Gasteiger partial charge in [-0.15, -0.1) is 0 Å². The summed E-state index contributed by atoms with van der Waals surface area (Å²) in [4.78, 5) is 39.0. The summed E-state index contributed by atoms with van der Waals surface area (Å²) in [6.07, 6.45) is 3.11. The Morgan fingerprint density at radius 1 is 1.16 bits per heavy atom. The minimum atomic E-state index is -0.495. The molecule has 2 heterocycles. The number of carbonyl (C=O) groups is 2. The highest BCUT2D eigenvalue weighted by Crippen LogP contribution is 2.34. The minimum Gasteiger partial charge on any atom is -0.322 e. The molecule has 1 atom stereocenters. The zero-order chi connectivity index (χ0) is 22.8. The molecule has 1 aliphatic heterocycles. The number of H-pyrrole nitrogens is 1. The lowest BCUT2D eigenvalue weighted by molar-refractivity contribution is -0.128. The van der Waals surface area contributed by atoms with Crippen LogP contribution in [0.3, 0.4) is 0 Å². The van der Waals surface area contributed by atoms with E-state index in [1.54, 1.807) is 37.4 Å². The molecule has 3 aromatic rings. The minimum absolute atomic E-state index is 0.104. The molecule has 1 aliphatic rings. The maximum absolute atomic E-state index is 13.4. The first-order chi connectivity index (χ1) is 15.3. The van der Waals surface area contributed by atoms with Crippen molar-refractivity contribution in [3.8, 4) is 11.1 Å². The third-order valence-corrected chi connectivity index (χ3v) is 5.54. The zero-order valence-electron chi connectivity index (χ0n) is 17.6. The molecule has 0 fully saturated rings. The van der Waals surface area contributed by atoms with Crippen LogP contribution in [0.1, 0.15) is 23.5 Å². The molecular weight excluding hydrogens is 411 g/mol. The third-order valence-electron chi connectivity index (χ3n) is 5.54. The fourth-order valence-corrected chi connectivity index (χ4v) is 3.70. The van der Waals surface area contributed by atoms with Gasteiger partial charge in [-0.2, -0.15) is 5.10 Å². The van der Waals surface area contributed by atoms with Crippen molar-refractivity contribution in [2.45, 2.75) is 19.3 Å². The van der Waals surface area contributed by atoms with Gasteiger partial charge in [0.05, 0.1) is 5.56 Å². The van der Waals surface area contributed by atoms with Gasteiger partial charge in [0.2, 0.25) is 5.91 Å². The monoisotopic (exact) mass is 432 g/mol. The number of carbonyl (C=O) groups excluding carboxylic acids is 2. The lowest BCUT2D eigenvalue weighted by Gasteiger charge is -2.28. The van der Waals surface area contributed by atoms with E-state index < -0.39 is 5.92 Å². The molecule has 4 rings (SSSR count). The molecule has 2 amide bonds. The van der Waals surface area contributed by atoms with Gasteiger partial charge in [0.1, 0.15) is 5.82 Å².